The van der Waals surface area contributed by atoms with E-state index < -0.39 is 0 Å². The van der Waals surface area contributed by atoms with Crippen LogP contribution in [0.2, 0.25) is 0 Å². The first-order valence-electron chi connectivity index (χ1n) is 10.8. The van der Waals surface area contributed by atoms with Crippen LogP contribution in [0.15, 0.2) is 54.7 Å². The van der Waals surface area contributed by atoms with Crippen molar-refractivity contribution in [3.8, 4) is 34.1 Å². The average Bonchev–Trinajstić information content (AvgIpc) is 3.27. The molecule has 1 amide bonds. The SMILES string of the molecule is COc1ncccc1-c1ccc(O)c(-c2nc3cc(C(=O)NCCCCCO)ccc3[nH]2)c1. The quantitative estimate of drug-likeness (QED) is 0.290. The van der Waals surface area contributed by atoms with Gasteiger partial charge in [-0.3, -0.25) is 4.79 Å². The molecular weight excluding hydrogens is 420 g/mol. The number of fused-ring (bicyclic) bond motifs is 1. The summed E-state index contributed by atoms with van der Waals surface area (Å²) in [5, 5.41) is 22.2. The van der Waals surface area contributed by atoms with E-state index in [0.717, 1.165) is 35.9 Å². The zero-order valence-electron chi connectivity index (χ0n) is 18.3. The van der Waals surface area contributed by atoms with Gasteiger partial charge in [0, 0.05) is 30.5 Å². The van der Waals surface area contributed by atoms with E-state index in [4.69, 9.17) is 9.84 Å². The lowest BCUT2D eigenvalue weighted by atomic mass is 10.0. The van der Waals surface area contributed by atoms with Gasteiger partial charge >= 0.3 is 0 Å². The molecule has 4 rings (SSSR count). The highest BCUT2D eigenvalue weighted by Gasteiger charge is 2.15. The Bertz CT molecular complexity index is 1270. The minimum atomic E-state index is -0.168. The highest BCUT2D eigenvalue weighted by molar-refractivity contribution is 5.97. The van der Waals surface area contributed by atoms with Gasteiger partial charge in [-0.05, 0) is 67.3 Å². The third kappa shape index (κ3) is 4.96. The normalized spacial score (nSPS) is 11.0. The fourth-order valence-corrected chi connectivity index (χ4v) is 3.66. The Morgan fingerprint density at radius 1 is 1.09 bits per heavy atom. The fourth-order valence-electron chi connectivity index (χ4n) is 3.66. The monoisotopic (exact) mass is 446 g/mol. The van der Waals surface area contributed by atoms with Gasteiger partial charge in [-0.1, -0.05) is 6.07 Å². The first-order valence-corrected chi connectivity index (χ1v) is 10.8. The number of aliphatic hydroxyl groups is 1. The molecule has 2 heterocycles. The minimum absolute atomic E-state index is 0.0847. The largest absolute Gasteiger partial charge is 0.507 e. The first kappa shape index (κ1) is 22.3. The molecule has 170 valence electrons. The Balaban J connectivity index is 1.59. The van der Waals surface area contributed by atoms with Crippen molar-refractivity contribution >= 4 is 16.9 Å². The van der Waals surface area contributed by atoms with E-state index in [2.05, 4.69) is 20.3 Å². The summed E-state index contributed by atoms with van der Waals surface area (Å²) in [5.74, 6) is 0.903. The summed E-state index contributed by atoms with van der Waals surface area (Å²) in [4.78, 5) is 24.5. The van der Waals surface area contributed by atoms with Crippen molar-refractivity contribution in [1.29, 1.82) is 0 Å². The smallest absolute Gasteiger partial charge is 0.251 e. The number of methoxy groups -OCH3 is 1. The van der Waals surface area contributed by atoms with Crippen molar-refractivity contribution in [1.82, 2.24) is 20.3 Å². The van der Waals surface area contributed by atoms with E-state index in [1.807, 2.05) is 18.2 Å². The van der Waals surface area contributed by atoms with Crippen LogP contribution in [0.3, 0.4) is 0 Å². The van der Waals surface area contributed by atoms with Gasteiger partial charge in [0.05, 0.1) is 23.7 Å². The van der Waals surface area contributed by atoms with Crippen LogP contribution in [0.1, 0.15) is 29.6 Å². The van der Waals surface area contributed by atoms with Crippen molar-refractivity contribution < 1.29 is 19.7 Å². The number of hydrogen-bond acceptors (Lipinski definition) is 6. The molecule has 8 nitrogen and oxygen atoms in total. The molecule has 0 unspecified atom stereocenters. The fraction of sp³-hybridized carbons (Fsp3) is 0.240. The van der Waals surface area contributed by atoms with E-state index in [0.29, 0.717) is 34.9 Å². The molecular formula is C25H26N4O4. The third-order valence-electron chi connectivity index (χ3n) is 5.39. The number of imidazole rings is 1. The molecule has 8 heteroatoms. The molecule has 0 radical (unpaired) electrons. The average molecular weight is 447 g/mol. The summed E-state index contributed by atoms with van der Waals surface area (Å²) in [6.45, 7) is 0.724. The van der Waals surface area contributed by atoms with Gasteiger partial charge in [-0.2, -0.15) is 0 Å². The molecule has 0 saturated carbocycles. The molecule has 2 aromatic carbocycles. The number of pyridine rings is 1. The molecule has 0 saturated heterocycles. The Kier molecular flexibility index (Phi) is 6.85. The van der Waals surface area contributed by atoms with Crippen molar-refractivity contribution in [2.45, 2.75) is 19.3 Å². The number of phenolic OH excluding ortho intramolecular Hbond substituents is 1. The number of aromatic nitrogens is 3. The lowest BCUT2D eigenvalue weighted by molar-refractivity contribution is 0.0953. The Hall–Kier alpha value is -3.91. The second-order valence-electron chi connectivity index (χ2n) is 7.65. The Morgan fingerprint density at radius 2 is 1.97 bits per heavy atom. The second-order valence-corrected chi connectivity index (χ2v) is 7.65. The summed E-state index contributed by atoms with van der Waals surface area (Å²) in [5.41, 5.74) is 4.06. The predicted molar refractivity (Wildman–Crippen MR) is 126 cm³/mol. The van der Waals surface area contributed by atoms with Crippen molar-refractivity contribution in [2.75, 3.05) is 20.3 Å². The number of phenols is 1. The van der Waals surface area contributed by atoms with Crippen LogP contribution in [-0.4, -0.2) is 51.3 Å². The van der Waals surface area contributed by atoms with Crippen LogP contribution < -0.4 is 10.1 Å². The van der Waals surface area contributed by atoms with Gasteiger partial charge in [-0.25, -0.2) is 9.97 Å². The number of hydrogen-bond donors (Lipinski definition) is 4. The van der Waals surface area contributed by atoms with Gasteiger partial charge in [-0.15, -0.1) is 0 Å². The van der Waals surface area contributed by atoms with Crippen LogP contribution in [0, 0.1) is 0 Å². The second kappa shape index (κ2) is 10.1. The maximum Gasteiger partial charge on any atom is 0.251 e. The maximum absolute atomic E-state index is 12.5. The molecule has 0 bridgehead atoms. The van der Waals surface area contributed by atoms with E-state index in [1.54, 1.807) is 43.6 Å². The number of carbonyl (C=O) groups excluding carboxylic acids is 1. The molecule has 0 fully saturated rings. The minimum Gasteiger partial charge on any atom is -0.507 e. The third-order valence-corrected chi connectivity index (χ3v) is 5.39. The lowest BCUT2D eigenvalue weighted by Crippen LogP contribution is -2.24. The summed E-state index contributed by atoms with van der Waals surface area (Å²) >= 11 is 0. The standard InChI is InChI=1S/C25H26N4O4/c1-33-25-18(6-5-12-27-25)16-8-10-22(31)19(14-16)23-28-20-9-7-17(15-21(20)29-23)24(32)26-11-3-2-4-13-30/h5-10,12,14-15,30-31H,2-4,11,13H2,1H3,(H,26,32)(H,28,29). The van der Waals surface area contributed by atoms with Gasteiger partial charge in [0.1, 0.15) is 11.6 Å². The van der Waals surface area contributed by atoms with Crippen LogP contribution in [-0.2, 0) is 0 Å². The Morgan fingerprint density at radius 3 is 2.79 bits per heavy atom. The van der Waals surface area contributed by atoms with Crippen molar-refractivity contribution in [3.63, 3.8) is 0 Å². The highest BCUT2D eigenvalue weighted by Crippen LogP contribution is 2.35. The van der Waals surface area contributed by atoms with Crippen LogP contribution >= 0.6 is 0 Å². The van der Waals surface area contributed by atoms with Crippen LogP contribution in [0.5, 0.6) is 11.6 Å². The number of aromatic hydroxyl groups is 1. The number of benzene rings is 2. The Labute approximate surface area is 191 Å². The van der Waals surface area contributed by atoms with Crippen LogP contribution in [0.25, 0.3) is 33.5 Å². The summed E-state index contributed by atoms with van der Waals surface area (Å²) in [6, 6.07) is 14.2. The van der Waals surface area contributed by atoms with Gasteiger partial charge in [0.25, 0.3) is 5.91 Å². The maximum atomic E-state index is 12.5. The van der Waals surface area contributed by atoms with Gasteiger partial charge in [0.15, 0.2) is 0 Å². The van der Waals surface area contributed by atoms with E-state index in [9.17, 15) is 9.90 Å². The molecule has 0 aliphatic heterocycles. The number of H-pyrrole nitrogens is 1. The van der Waals surface area contributed by atoms with Crippen LogP contribution in [0.4, 0.5) is 0 Å². The number of ether oxygens (including phenoxy) is 1. The van der Waals surface area contributed by atoms with Crippen molar-refractivity contribution in [3.05, 3.63) is 60.3 Å². The molecule has 0 spiro atoms. The summed E-state index contributed by atoms with van der Waals surface area (Å²) < 4.78 is 5.36. The van der Waals surface area contributed by atoms with E-state index in [1.165, 1.54) is 0 Å². The van der Waals surface area contributed by atoms with Crippen molar-refractivity contribution in [2.24, 2.45) is 0 Å². The topological polar surface area (TPSA) is 120 Å². The number of aliphatic hydroxyl groups excluding tert-OH is 1. The molecule has 0 aliphatic carbocycles. The number of nitrogens with zero attached hydrogens (tertiary/aromatic N) is 2. The molecule has 0 atom stereocenters. The number of aromatic amines is 1. The number of amides is 1. The molecule has 4 aromatic rings. The first-order chi connectivity index (χ1) is 16.1. The van der Waals surface area contributed by atoms with Gasteiger partial charge in [0.2, 0.25) is 5.88 Å². The molecule has 33 heavy (non-hydrogen) atoms. The highest BCUT2D eigenvalue weighted by atomic mass is 16.5. The number of carbonyl (C=O) groups is 1. The number of nitrogens with one attached hydrogen (secondary N) is 2. The van der Waals surface area contributed by atoms with Gasteiger partial charge < -0.3 is 25.3 Å². The van der Waals surface area contributed by atoms with E-state index >= 15 is 0 Å². The predicted octanol–water partition coefficient (Wildman–Crippen LogP) is 3.90. The summed E-state index contributed by atoms with van der Waals surface area (Å²) in [7, 11) is 1.56. The zero-order valence-corrected chi connectivity index (χ0v) is 18.3. The molecule has 0 aliphatic rings. The lowest BCUT2D eigenvalue weighted by Gasteiger charge is -2.09. The number of rotatable bonds is 9. The molecule has 4 N–H and O–H groups in total. The zero-order chi connectivity index (χ0) is 23.2. The van der Waals surface area contributed by atoms with E-state index in [-0.39, 0.29) is 18.3 Å². The molecule has 2 aromatic heterocycles. The summed E-state index contributed by atoms with van der Waals surface area (Å²) in [6.07, 6.45) is 4.08. The number of unbranched alkanes of at least 4 members (excludes halogenated alkanes) is 2.